The molecule has 0 radical (unpaired) electrons. The third-order valence-electron chi connectivity index (χ3n) is 3.12. The van der Waals surface area contributed by atoms with Crippen LogP contribution in [0.3, 0.4) is 0 Å². The van der Waals surface area contributed by atoms with Gasteiger partial charge in [-0.2, -0.15) is 0 Å². The molecule has 0 saturated carbocycles. The molecule has 104 valence electrons. The zero-order valence-electron chi connectivity index (χ0n) is 11.4. The molecule has 1 aliphatic rings. The molecule has 2 rings (SSSR count). The van der Waals surface area contributed by atoms with Gasteiger partial charge in [0, 0.05) is 6.04 Å². The smallest absolute Gasteiger partial charge is 0.322 e. The Balaban J connectivity index is 2.07. The van der Waals surface area contributed by atoms with Gasteiger partial charge in [-0.3, -0.25) is 10.1 Å². The molecule has 0 aliphatic carbocycles. The number of rotatable bonds is 4. The summed E-state index contributed by atoms with van der Waals surface area (Å²) in [5.74, 6) is 1.25. The van der Waals surface area contributed by atoms with E-state index in [1.165, 1.54) is 7.11 Å². The normalized spacial score (nSPS) is 16.6. The quantitative estimate of drug-likeness (QED) is 0.839. The maximum Gasteiger partial charge on any atom is 0.322 e. The molecule has 0 amide bonds. The first kappa shape index (κ1) is 13.7. The average Bonchev–Trinajstić information content (AvgIpc) is 2.45. The molecule has 1 N–H and O–H groups in total. The lowest BCUT2D eigenvalue weighted by atomic mass is 10.1. The lowest BCUT2D eigenvalue weighted by molar-refractivity contribution is -0.142. The van der Waals surface area contributed by atoms with Crippen molar-refractivity contribution in [3.05, 3.63) is 23.8 Å². The van der Waals surface area contributed by atoms with Gasteiger partial charge in [0.2, 0.25) is 0 Å². The van der Waals surface area contributed by atoms with Crippen LogP contribution in [0.2, 0.25) is 0 Å². The summed E-state index contributed by atoms with van der Waals surface area (Å²) < 4.78 is 15.7. The first-order valence-electron chi connectivity index (χ1n) is 6.35. The molecule has 1 heterocycles. The van der Waals surface area contributed by atoms with E-state index in [0.717, 1.165) is 17.1 Å². The Bertz CT molecular complexity index is 461. The number of nitrogens with one attached hydrogen (secondary N) is 1. The van der Waals surface area contributed by atoms with Crippen LogP contribution >= 0.6 is 0 Å². The maximum atomic E-state index is 11.4. The second-order valence-corrected chi connectivity index (χ2v) is 4.54. The van der Waals surface area contributed by atoms with E-state index in [-0.39, 0.29) is 18.1 Å². The van der Waals surface area contributed by atoms with Gasteiger partial charge in [-0.15, -0.1) is 0 Å². The predicted molar refractivity (Wildman–Crippen MR) is 70.5 cm³/mol. The van der Waals surface area contributed by atoms with Crippen molar-refractivity contribution in [3.63, 3.8) is 0 Å². The highest BCUT2D eigenvalue weighted by Crippen LogP contribution is 2.32. The van der Waals surface area contributed by atoms with E-state index in [1.807, 2.05) is 25.1 Å². The maximum absolute atomic E-state index is 11.4. The highest BCUT2D eigenvalue weighted by molar-refractivity contribution is 5.75. The number of hydrogen-bond acceptors (Lipinski definition) is 5. The van der Waals surface area contributed by atoms with Crippen LogP contribution in [0.15, 0.2) is 18.2 Å². The van der Waals surface area contributed by atoms with E-state index < -0.39 is 0 Å². The largest absolute Gasteiger partial charge is 0.486 e. The summed E-state index contributed by atoms with van der Waals surface area (Å²) >= 11 is 0. The van der Waals surface area contributed by atoms with Gasteiger partial charge in [-0.05, 0) is 31.5 Å². The number of fused-ring (bicyclic) bond motifs is 1. The number of esters is 1. The molecular formula is C14H19NO4. The molecule has 1 aromatic rings. The van der Waals surface area contributed by atoms with E-state index >= 15 is 0 Å². The van der Waals surface area contributed by atoms with Gasteiger partial charge in [0.25, 0.3) is 0 Å². The molecule has 0 aromatic heterocycles. The standard InChI is InChI=1S/C14H19NO4/c1-9(15-10(2)14(16)17-3)11-4-5-12-13(8-11)19-7-6-18-12/h4-5,8-10,15H,6-7H2,1-3H3. The predicted octanol–water partition coefficient (Wildman–Crippen LogP) is 1.67. The number of carbonyl (C=O) groups excluding carboxylic acids is 1. The van der Waals surface area contributed by atoms with E-state index in [2.05, 4.69) is 5.32 Å². The molecular weight excluding hydrogens is 246 g/mol. The Kier molecular flexibility index (Phi) is 4.27. The molecule has 19 heavy (non-hydrogen) atoms. The molecule has 1 aliphatic heterocycles. The first-order valence-corrected chi connectivity index (χ1v) is 6.35. The highest BCUT2D eigenvalue weighted by atomic mass is 16.6. The number of carbonyl (C=O) groups is 1. The second-order valence-electron chi connectivity index (χ2n) is 4.54. The van der Waals surface area contributed by atoms with E-state index in [4.69, 9.17) is 14.2 Å². The van der Waals surface area contributed by atoms with Crippen molar-refractivity contribution >= 4 is 5.97 Å². The lowest BCUT2D eigenvalue weighted by Gasteiger charge is -2.22. The number of benzene rings is 1. The fourth-order valence-electron chi connectivity index (χ4n) is 2.05. The molecule has 2 unspecified atom stereocenters. The van der Waals surface area contributed by atoms with E-state index in [1.54, 1.807) is 6.92 Å². The Labute approximate surface area is 112 Å². The Morgan fingerprint density at radius 3 is 2.63 bits per heavy atom. The first-order chi connectivity index (χ1) is 9.11. The van der Waals surface area contributed by atoms with Crippen LogP contribution in [0, 0.1) is 0 Å². The number of ether oxygens (including phenoxy) is 3. The Morgan fingerprint density at radius 2 is 1.95 bits per heavy atom. The minimum atomic E-state index is -0.354. The molecule has 5 heteroatoms. The number of methoxy groups -OCH3 is 1. The highest BCUT2D eigenvalue weighted by Gasteiger charge is 2.18. The molecule has 0 spiro atoms. The molecule has 2 atom stereocenters. The van der Waals surface area contributed by atoms with Crippen molar-refractivity contribution < 1.29 is 19.0 Å². The Hall–Kier alpha value is -1.75. The van der Waals surface area contributed by atoms with Gasteiger partial charge >= 0.3 is 5.97 Å². The molecule has 0 bridgehead atoms. The molecule has 0 fully saturated rings. The zero-order valence-corrected chi connectivity index (χ0v) is 11.4. The minimum Gasteiger partial charge on any atom is -0.486 e. The van der Waals surface area contributed by atoms with Crippen LogP contribution < -0.4 is 14.8 Å². The van der Waals surface area contributed by atoms with Crippen LogP contribution in [0.4, 0.5) is 0 Å². The molecule has 5 nitrogen and oxygen atoms in total. The average molecular weight is 265 g/mol. The van der Waals surface area contributed by atoms with Gasteiger partial charge < -0.3 is 14.2 Å². The van der Waals surface area contributed by atoms with Crippen LogP contribution in [0.5, 0.6) is 11.5 Å². The SMILES string of the molecule is COC(=O)C(C)NC(C)c1ccc2c(c1)OCCO2. The third kappa shape index (κ3) is 3.17. The van der Waals surface area contributed by atoms with Crippen LogP contribution in [0.1, 0.15) is 25.5 Å². The number of hydrogen-bond donors (Lipinski definition) is 1. The van der Waals surface area contributed by atoms with Crippen LogP contribution in [0.25, 0.3) is 0 Å². The summed E-state index contributed by atoms with van der Waals surface area (Å²) in [6.07, 6.45) is 0. The van der Waals surface area contributed by atoms with Crippen molar-refractivity contribution in [1.29, 1.82) is 0 Å². The topological polar surface area (TPSA) is 56.8 Å². The van der Waals surface area contributed by atoms with Gasteiger partial charge in [0.15, 0.2) is 11.5 Å². The van der Waals surface area contributed by atoms with Crippen molar-refractivity contribution in [1.82, 2.24) is 5.32 Å². The van der Waals surface area contributed by atoms with Crippen LogP contribution in [-0.4, -0.2) is 32.3 Å². The van der Waals surface area contributed by atoms with Gasteiger partial charge in [0.1, 0.15) is 19.3 Å². The Morgan fingerprint density at radius 1 is 1.26 bits per heavy atom. The summed E-state index contributed by atoms with van der Waals surface area (Å²) in [7, 11) is 1.38. The lowest BCUT2D eigenvalue weighted by Crippen LogP contribution is -2.36. The third-order valence-corrected chi connectivity index (χ3v) is 3.12. The monoisotopic (exact) mass is 265 g/mol. The van der Waals surface area contributed by atoms with Crippen molar-refractivity contribution in [2.24, 2.45) is 0 Å². The minimum absolute atomic E-state index is 0.0185. The summed E-state index contributed by atoms with van der Waals surface area (Å²) in [4.78, 5) is 11.4. The van der Waals surface area contributed by atoms with Gasteiger partial charge in [-0.1, -0.05) is 6.07 Å². The molecule has 0 saturated heterocycles. The second kappa shape index (κ2) is 5.93. The summed E-state index contributed by atoms with van der Waals surface area (Å²) in [6.45, 7) is 4.92. The fourth-order valence-corrected chi connectivity index (χ4v) is 2.05. The van der Waals surface area contributed by atoms with Crippen LogP contribution in [-0.2, 0) is 9.53 Å². The summed E-state index contributed by atoms with van der Waals surface area (Å²) in [5, 5.41) is 3.18. The van der Waals surface area contributed by atoms with Crippen molar-refractivity contribution in [2.45, 2.75) is 25.9 Å². The summed E-state index contributed by atoms with van der Waals surface area (Å²) in [6, 6.07) is 5.47. The van der Waals surface area contributed by atoms with Crippen molar-refractivity contribution in [2.75, 3.05) is 20.3 Å². The zero-order chi connectivity index (χ0) is 13.8. The van der Waals surface area contributed by atoms with E-state index in [9.17, 15) is 4.79 Å². The van der Waals surface area contributed by atoms with E-state index in [0.29, 0.717) is 13.2 Å². The summed E-state index contributed by atoms with van der Waals surface area (Å²) in [5.41, 5.74) is 1.04. The fraction of sp³-hybridized carbons (Fsp3) is 0.500. The molecule has 1 aromatic carbocycles. The van der Waals surface area contributed by atoms with Crippen molar-refractivity contribution in [3.8, 4) is 11.5 Å². The van der Waals surface area contributed by atoms with Gasteiger partial charge in [0.05, 0.1) is 7.11 Å². The van der Waals surface area contributed by atoms with Gasteiger partial charge in [-0.25, -0.2) is 0 Å².